The van der Waals surface area contributed by atoms with Gasteiger partial charge in [-0.1, -0.05) is 0 Å². The first-order valence-corrected chi connectivity index (χ1v) is 6.67. The topological polar surface area (TPSA) is 80.1 Å². The molecule has 0 amide bonds. The number of benzene rings is 1. The molecule has 3 rings (SSSR count). The van der Waals surface area contributed by atoms with Crippen LogP contribution in [0, 0.1) is 18.3 Å². The van der Waals surface area contributed by atoms with E-state index in [9.17, 15) is 0 Å². The first-order chi connectivity index (χ1) is 10.2. The summed E-state index contributed by atoms with van der Waals surface area (Å²) in [4.78, 5) is 8.38. The second kappa shape index (κ2) is 5.67. The average Bonchev–Trinajstić information content (AvgIpc) is 2.71. The van der Waals surface area contributed by atoms with Crippen molar-refractivity contribution in [1.29, 1.82) is 5.26 Å². The largest absolute Gasteiger partial charge is 0.490 e. The molecule has 0 atom stereocenters. The summed E-state index contributed by atoms with van der Waals surface area (Å²) in [5.41, 5.74) is 1.85. The molecule has 1 aliphatic rings. The van der Waals surface area contributed by atoms with Gasteiger partial charge in [-0.2, -0.15) is 5.26 Å². The van der Waals surface area contributed by atoms with Crippen LogP contribution in [0.2, 0.25) is 0 Å². The van der Waals surface area contributed by atoms with Crippen LogP contribution in [0.4, 0.5) is 11.6 Å². The minimum Gasteiger partial charge on any atom is -0.490 e. The van der Waals surface area contributed by atoms with Gasteiger partial charge >= 0.3 is 0 Å². The molecule has 2 aromatic rings. The zero-order valence-corrected chi connectivity index (χ0v) is 11.6. The maximum absolute atomic E-state index is 8.94. The number of ether oxygens (including phenoxy) is 2. The Morgan fingerprint density at radius 1 is 1.14 bits per heavy atom. The van der Waals surface area contributed by atoms with Gasteiger partial charge in [0, 0.05) is 23.9 Å². The van der Waals surface area contributed by atoms with Crippen LogP contribution in [0.1, 0.15) is 17.8 Å². The van der Waals surface area contributed by atoms with Crippen LogP contribution in [0.15, 0.2) is 24.3 Å². The van der Waals surface area contributed by atoms with Crippen LogP contribution in [0.25, 0.3) is 0 Å². The Bertz CT molecular complexity index is 709. The molecule has 0 radical (unpaired) electrons. The molecular formula is C15H14N4O2. The van der Waals surface area contributed by atoms with Gasteiger partial charge in [-0.3, -0.25) is 0 Å². The van der Waals surface area contributed by atoms with E-state index in [0.717, 1.165) is 23.6 Å². The summed E-state index contributed by atoms with van der Waals surface area (Å²) in [5, 5.41) is 12.0. The molecule has 0 saturated carbocycles. The number of aromatic nitrogens is 2. The van der Waals surface area contributed by atoms with Gasteiger partial charge in [0.15, 0.2) is 11.5 Å². The molecule has 0 aliphatic carbocycles. The normalized spacial score (nSPS) is 13.1. The van der Waals surface area contributed by atoms with Gasteiger partial charge in [0.1, 0.15) is 11.8 Å². The van der Waals surface area contributed by atoms with E-state index in [1.807, 2.05) is 31.2 Å². The highest BCUT2D eigenvalue weighted by Crippen LogP contribution is 2.32. The van der Waals surface area contributed by atoms with E-state index in [0.29, 0.717) is 30.6 Å². The molecule has 6 heteroatoms. The fourth-order valence-electron chi connectivity index (χ4n) is 2.05. The van der Waals surface area contributed by atoms with Crippen molar-refractivity contribution in [2.24, 2.45) is 0 Å². The Morgan fingerprint density at radius 2 is 1.95 bits per heavy atom. The first kappa shape index (κ1) is 13.2. The summed E-state index contributed by atoms with van der Waals surface area (Å²) in [6.45, 7) is 3.12. The van der Waals surface area contributed by atoms with Gasteiger partial charge in [-0.25, -0.2) is 9.97 Å². The van der Waals surface area contributed by atoms with Gasteiger partial charge in [-0.05, 0) is 25.1 Å². The van der Waals surface area contributed by atoms with E-state index >= 15 is 0 Å². The summed E-state index contributed by atoms with van der Waals surface area (Å²) < 4.78 is 11.2. The number of hydrogen-bond donors (Lipinski definition) is 1. The number of aryl methyl sites for hydroxylation is 1. The summed E-state index contributed by atoms with van der Waals surface area (Å²) >= 11 is 0. The van der Waals surface area contributed by atoms with Gasteiger partial charge in [0.25, 0.3) is 0 Å². The molecule has 2 heterocycles. The van der Waals surface area contributed by atoms with E-state index in [4.69, 9.17) is 14.7 Å². The molecule has 1 aromatic carbocycles. The van der Waals surface area contributed by atoms with E-state index in [1.165, 1.54) is 0 Å². The molecule has 6 nitrogen and oxygen atoms in total. The van der Waals surface area contributed by atoms with Crippen molar-refractivity contribution in [2.45, 2.75) is 13.3 Å². The molecule has 0 bridgehead atoms. The third-order valence-corrected chi connectivity index (χ3v) is 2.97. The van der Waals surface area contributed by atoms with Gasteiger partial charge in [0.05, 0.1) is 13.2 Å². The molecule has 0 spiro atoms. The Morgan fingerprint density at radius 3 is 2.76 bits per heavy atom. The van der Waals surface area contributed by atoms with E-state index in [-0.39, 0.29) is 0 Å². The first-order valence-electron chi connectivity index (χ1n) is 6.67. The standard InChI is InChI=1S/C15H14N4O2/c1-10-7-12(9-16)19-15(17-10)18-11-3-4-13-14(8-11)21-6-2-5-20-13/h3-4,7-8H,2,5-6H2,1H3,(H,17,18,19). The second-order valence-electron chi connectivity index (χ2n) is 4.67. The van der Waals surface area contributed by atoms with Crippen LogP contribution >= 0.6 is 0 Å². The third kappa shape index (κ3) is 3.03. The predicted octanol–water partition coefficient (Wildman–Crippen LogP) is 2.56. The van der Waals surface area contributed by atoms with Crippen LogP contribution < -0.4 is 14.8 Å². The zero-order valence-electron chi connectivity index (χ0n) is 11.6. The van der Waals surface area contributed by atoms with Crippen molar-refractivity contribution < 1.29 is 9.47 Å². The number of hydrogen-bond acceptors (Lipinski definition) is 6. The second-order valence-corrected chi connectivity index (χ2v) is 4.67. The maximum Gasteiger partial charge on any atom is 0.228 e. The van der Waals surface area contributed by atoms with Crippen molar-refractivity contribution in [3.05, 3.63) is 35.7 Å². The van der Waals surface area contributed by atoms with Crippen molar-refractivity contribution in [2.75, 3.05) is 18.5 Å². The number of nitrogens with zero attached hydrogens (tertiary/aromatic N) is 3. The highest BCUT2D eigenvalue weighted by molar-refractivity contribution is 5.60. The maximum atomic E-state index is 8.94. The van der Waals surface area contributed by atoms with E-state index in [1.54, 1.807) is 6.07 Å². The van der Waals surface area contributed by atoms with Crippen LogP contribution in [-0.2, 0) is 0 Å². The lowest BCUT2D eigenvalue weighted by Gasteiger charge is -2.10. The zero-order chi connectivity index (χ0) is 14.7. The quantitative estimate of drug-likeness (QED) is 0.911. The van der Waals surface area contributed by atoms with Crippen molar-refractivity contribution in [3.8, 4) is 17.6 Å². The lowest BCUT2D eigenvalue weighted by molar-refractivity contribution is 0.297. The molecule has 1 aliphatic heterocycles. The lowest BCUT2D eigenvalue weighted by Crippen LogP contribution is -2.01. The number of fused-ring (bicyclic) bond motifs is 1. The molecule has 0 fully saturated rings. The summed E-state index contributed by atoms with van der Waals surface area (Å²) in [6.07, 6.45) is 0.865. The highest BCUT2D eigenvalue weighted by Gasteiger charge is 2.11. The van der Waals surface area contributed by atoms with E-state index in [2.05, 4.69) is 15.3 Å². The molecule has 1 aromatic heterocycles. The molecule has 106 valence electrons. The van der Waals surface area contributed by atoms with Gasteiger partial charge < -0.3 is 14.8 Å². The van der Waals surface area contributed by atoms with Crippen molar-refractivity contribution >= 4 is 11.6 Å². The molecule has 0 unspecified atom stereocenters. The Labute approximate surface area is 122 Å². The summed E-state index contributed by atoms with van der Waals surface area (Å²) in [7, 11) is 0. The van der Waals surface area contributed by atoms with Gasteiger partial charge in [0.2, 0.25) is 5.95 Å². The minimum absolute atomic E-state index is 0.333. The monoisotopic (exact) mass is 282 g/mol. The SMILES string of the molecule is Cc1cc(C#N)nc(Nc2ccc3c(c2)OCCCO3)n1. The fraction of sp³-hybridized carbons (Fsp3) is 0.267. The minimum atomic E-state index is 0.333. The number of anilines is 2. The third-order valence-electron chi connectivity index (χ3n) is 2.97. The molecular weight excluding hydrogens is 268 g/mol. The molecule has 1 N–H and O–H groups in total. The van der Waals surface area contributed by atoms with Crippen LogP contribution in [0.3, 0.4) is 0 Å². The average molecular weight is 282 g/mol. The highest BCUT2D eigenvalue weighted by atomic mass is 16.5. The fourth-order valence-corrected chi connectivity index (χ4v) is 2.05. The summed E-state index contributed by atoms with van der Waals surface area (Å²) in [6, 6.07) is 9.22. The lowest BCUT2D eigenvalue weighted by atomic mass is 10.2. The predicted molar refractivity (Wildman–Crippen MR) is 76.8 cm³/mol. The Balaban J connectivity index is 1.87. The van der Waals surface area contributed by atoms with Crippen molar-refractivity contribution in [1.82, 2.24) is 9.97 Å². The smallest absolute Gasteiger partial charge is 0.228 e. The molecule has 21 heavy (non-hydrogen) atoms. The molecule has 0 saturated heterocycles. The Kier molecular flexibility index (Phi) is 3.56. The Hall–Kier alpha value is -2.81. The number of nitriles is 1. The summed E-state index contributed by atoms with van der Waals surface area (Å²) in [5.74, 6) is 1.83. The number of nitrogens with one attached hydrogen (secondary N) is 1. The van der Waals surface area contributed by atoms with Gasteiger partial charge in [-0.15, -0.1) is 0 Å². The van der Waals surface area contributed by atoms with Crippen molar-refractivity contribution in [3.63, 3.8) is 0 Å². The van der Waals surface area contributed by atoms with Crippen LogP contribution in [-0.4, -0.2) is 23.2 Å². The van der Waals surface area contributed by atoms with E-state index < -0.39 is 0 Å². The number of rotatable bonds is 2. The van der Waals surface area contributed by atoms with Crippen LogP contribution in [0.5, 0.6) is 11.5 Å².